The molecule has 4 heteroatoms. The van der Waals surface area contributed by atoms with Gasteiger partial charge in [-0.25, -0.2) is 0 Å². The maximum absolute atomic E-state index is 12.6. The highest BCUT2D eigenvalue weighted by molar-refractivity contribution is 5.92. The number of nitrogens with zero attached hydrogens (tertiary/aromatic N) is 1. The molecule has 2 unspecified atom stereocenters. The van der Waals surface area contributed by atoms with Gasteiger partial charge in [0.05, 0.1) is 11.9 Å². The second kappa shape index (κ2) is 4.99. The van der Waals surface area contributed by atoms with Gasteiger partial charge in [-0.05, 0) is 30.5 Å². The highest BCUT2D eigenvalue weighted by atomic mass is 16.3. The van der Waals surface area contributed by atoms with Crippen molar-refractivity contribution in [1.29, 1.82) is 0 Å². The Hall–Kier alpha value is -2.07. The van der Waals surface area contributed by atoms with Gasteiger partial charge in [0.25, 0.3) is 5.91 Å². The third kappa shape index (κ3) is 2.06. The second-order valence-corrected chi connectivity index (χ2v) is 6.38. The summed E-state index contributed by atoms with van der Waals surface area (Å²) < 4.78 is 5.26. The standard InChI is InChI=1S/C18H19NO3/c20-17(16-7-4-10-22-16)19-14-8-9-15(19)12-18(21,11-14)13-5-2-1-3-6-13/h1-7,10,14-15,21H,8-9,11-12H2. The van der Waals surface area contributed by atoms with E-state index in [2.05, 4.69) is 0 Å². The van der Waals surface area contributed by atoms with E-state index in [1.807, 2.05) is 35.2 Å². The molecule has 1 aromatic heterocycles. The molecule has 3 heterocycles. The molecule has 2 bridgehead atoms. The van der Waals surface area contributed by atoms with Crippen molar-refractivity contribution in [1.82, 2.24) is 4.90 Å². The van der Waals surface area contributed by atoms with E-state index >= 15 is 0 Å². The normalized spacial score (nSPS) is 30.5. The summed E-state index contributed by atoms with van der Waals surface area (Å²) in [4.78, 5) is 14.5. The zero-order valence-corrected chi connectivity index (χ0v) is 12.3. The van der Waals surface area contributed by atoms with E-state index in [-0.39, 0.29) is 18.0 Å². The number of hydrogen-bond donors (Lipinski definition) is 1. The van der Waals surface area contributed by atoms with Crippen LogP contribution in [0.25, 0.3) is 0 Å². The summed E-state index contributed by atoms with van der Waals surface area (Å²) in [5.41, 5.74) is 0.129. The Morgan fingerprint density at radius 2 is 1.77 bits per heavy atom. The Morgan fingerprint density at radius 3 is 2.36 bits per heavy atom. The number of hydrogen-bond acceptors (Lipinski definition) is 3. The van der Waals surface area contributed by atoms with E-state index in [4.69, 9.17) is 4.42 Å². The summed E-state index contributed by atoms with van der Waals surface area (Å²) in [6.07, 6.45) is 4.62. The number of rotatable bonds is 2. The van der Waals surface area contributed by atoms with Gasteiger partial charge in [0.1, 0.15) is 0 Å². The average Bonchev–Trinajstić information content (AvgIpc) is 3.15. The lowest BCUT2D eigenvalue weighted by Crippen LogP contribution is -2.51. The Labute approximate surface area is 129 Å². The summed E-state index contributed by atoms with van der Waals surface area (Å²) in [7, 11) is 0. The first-order chi connectivity index (χ1) is 10.7. The molecule has 2 saturated heterocycles. The molecule has 2 aromatic rings. The quantitative estimate of drug-likeness (QED) is 0.927. The van der Waals surface area contributed by atoms with Crippen LogP contribution in [0.15, 0.2) is 53.1 Å². The summed E-state index contributed by atoms with van der Waals surface area (Å²) in [5, 5.41) is 11.1. The molecule has 4 nitrogen and oxygen atoms in total. The van der Waals surface area contributed by atoms with Crippen LogP contribution in [0.3, 0.4) is 0 Å². The van der Waals surface area contributed by atoms with Gasteiger partial charge in [0, 0.05) is 24.9 Å². The van der Waals surface area contributed by atoms with E-state index in [0.717, 1.165) is 18.4 Å². The van der Waals surface area contributed by atoms with Crippen LogP contribution in [-0.2, 0) is 5.60 Å². The summed E-state index contributed by atoms with van der Waals surface area (Å²) in [6.45, 7) is 0. The first-order valence-electron chi connectivity index (χ1n) is 7.81. The molecule has 0 aliphatic carbocycles. The molecule has 114 valence electrons. The molecule has 4 rings (SSSR count). The van der Waals surface area contributed by atoms with Crippen molar-refractivity contribution in [3.63, 3.8) is 0 Å². The van der Waals surface area contributed by atoms with Crippen LogP contribution < -0.4 is 0 Å². The van der Waals surface area contributed by atoms with Gasteiger partial charge < -0.3 is 14.4 Å². The highest BCUT2D eigenvalue weighted by Crippen LogP contribution is 2.46. The third-order valence-electron chi connectivity index (χ3n) is 5.04. The number of carbonyl (C=O) groups excluding carboxylic acids is 1. The first kappa shape index (κ1) is 13.6. The second-order valence-electron chi connectivity index (χ2n) is 6.38. The molecule has 2 atom stereocenters. The zero-order valence-electron chi connectivity index (χ0n) is 12.3. The minimum absolute atomic E-state index is 0.0485. The fraction of sp³-hybridized carbons (Fsp3) is 0.389. The van der Waals surface area contributed by atoms with Crippen LogP contribution in [0.1, 0.15) is 41.8 Å². The fourth-order valence-corrected chi connectivity index (χ4v) is 4.07. The van der Waals surface area contributed by atoms with Crippen molar-refractivity contribution >= 4 is 5.91 Å². The molecule has 0 saturated carbocycles. The van der Waals surface area contributed by atoms with Crippen LogP contribution in [0.2, 0.25) is 0 Å². The number of piperidine rings is 1. The van der Waals surface area contributed by atoms with Gasteiger partial charge in [-0.15, -0.1) is 0 Å². The first-order valence-corrected chi connectivity index (χ1v) is 7.81. The molecular formula is C18H19NO3. The topological polar surface area (TPSA) is 53.7 Å². The van der Waals surface area contributed by atoms with Gasteiger partial charge in [-0.1, -0.05) is 30.3 Å². The fourth-order valence-electron chi connectivity index (χ4n) is 4.07. The number of amides is 1. The SMILES string of the molecule is O=C(c1ccco1)N1C2CCC1CC(O)(c1ccccc1)C2. The van der Waals surface area contributed by atoms with Crippen molar-refractivity contribution in [2.45, 2.75) is 43.4 Å². The third-order valence-corrected chi connectivity index (χ3v) is 5.04. The van der Waals surface area contributed by atoms with E-state index < -0.39 is 5.60 Å². The van der Waals surface area contributed by atoms with E-state index in [0.29, 0.717) is 18.6 Å². The Morgan fingerprint density at radius 1 is 1.09 bits per heavy atom. The maximum atomic E-state index is 12.6. The summed E-state index contributed by atoms with van der Waals surface area (Å²) in [6, 6.07) is 13.4. The molecular weight excluding hydrogens is 278 g/mol. The van der Waals surface area contributed by atoms with Gasteiger partial charge in [-0.2, -0.15) is 0 Å². The lowest BCUT2D eigenvalue weighted by molar-refractivity contribution is -0.0485. The molecule has 0 radical (unpaired) electrons. The van der Waals surface area contributed by atoms with Crippen molar-refractivity contribution < 1.29 is 14.3 Å². The summed E-state index contributed by atoms with van der Waals surface area (Å²) in [5.74, 6) is 0.342. The van der Waals surface area contributed by atoms with Crippen molar-refractivity contribution in [3.05, 3.63) is 60.1 Å². The maximum Gasteiger partial charge on any atom is 0.290 e. The minimum atomic E-state index is -0.826. The number of aliphatic hydroxyl groups is 1. The molecule has 0 spiro atoms. The van der Waals surface area contributed by atoms with Gasteiger partial charge in [0.15, 0.2) is 5.76 Å². The van der Waals surface area contributed by atoms with Crippen LogP contribution in [0.4, 0.5) is 0 Å². The minimum Gasteiger partial charge on any atom is -0.459 e. The van der Waals surface area contributed by atoms with Crippen molar-refractivity contribution in [3.8, 4) is 0 Å². The lowest BCUT2D eigenvalue weighted by Gasteiger charge is -2.43. The zero-order chi connectivity index (χ0) is 15.2. The van der Waals surface area contributed by atoms with Crippen LogP contribution >= 0.6 is 0 Å². The van der Waals surface area contributed by atoms with Crippen molar-refractivity contribution in [2.75, 3.05) is 0 Å². The highest BCUT2D eigenvalue weighted by Gasteiger charge is 2.50. The summed E-state index contributed by atoms with van der Waals surface area (Å²) >= 11 is 0. The van der Waals surface area contributed by atoms with E-state index in [9.17, 15) is 9.90 Å². The van der Waals surface area contributed by atoms with Gasteiger partial charge in [-0.3, -0.25) is 4.79 Å². The number of furan rings is 1. The van der Waals surface area contributed by atoms with Crippen LogP contribution in [-0.4, -0.2) is 28.0 Å². The molecule has 2 aliphatic heterocycles. The van der Waals surface area contributed by atoms with Crippen molar-refractivity contribution in [2.24, 2.45) is 0 Å². The lowest BCUT2D eigenvalue weighted by atomic mass is 9.80. The molecule has 22 heavy (non-hydrogen) atoms. The van der Waals surface area contributed by atoms with Crippen LogP contribution in [0, 0.1) is 0 Å². The molecule has 1 amide bonds. The van der Waals surface area contributed by atoms with Crippen LogP contribution in [0.5, 0.6) is 0 Å². The number of benzene rings is 1. The Kier molecular flexibility index (Phi) is 3.08. The smallest absolute Gasteiger partial charge is 0.290 e. The molecule has 2 fully saturated rings. The Balaban J connectivity index is 1.61. The Bertz CT molecular complexity index is 651. The largest absolute Gasteiger partial charge is 0.459 e. The van der Waals surface area contributed by atoms with E-state index in [1.54, 1.807) is 12.1 Å². The molecule has 2 aliphatic rings. The monoisotopic (exact) mass is 297 g/mol. The van der Waals surface area contributed by atoms with Gasteiger partial charge in [0.2, 0.25) is 0 Å². The van der Waals surface area contributed by atoms with Gasteiger partial charge >= 0.3 is 0 Å². The molecule has 1 N–H and O–H groups in total. The number of fused-ring (bicyclic) bond motifs is 2. The molecule has 1 aromatic carbocycles. The van der Waals surface area contributed by atoms with E-state index in [1.165, 1.54) is 6.26 Å². The predicted octanol–water partition coefficient (Wildman–Crippen LogP) is 2.93. The number of carbonyl (C=O) groups is 1. The average molecular weight is 297 g/mol. The predicted molar refractivity (Wildman–Crippen MR) is 81.3 cm³/mol.